The Morgan fingerprint density at radius 2 is 1.46 bits per heavy atom. The number of hydrogen-bond donors (Lipinski definition) is 0. The van der Waals surface area contributed by atoms with Crippen LogP contribution in [0.2, 0.25) is 0 Å². The van der Waals surface area contributed by atoms with Gasteiger partial charge >= 0.3 is 0 Å². The smallest absolute Gasteiger partial charge is 0.0940 e. The molecule has 0 aliphatic carbocycles. The molecule has 0 spiro atoms. The van der Waals surface area contributed by atoms with E-state index in [-0.39, 0.29) is 0 Å². The molecule has 3 fully saturated rings. The highest BCUT2D eigenvalue weighted by molar-refractivity contribution is 4.93. The first-order chi connectivity index (χ1) is 5.79. The lowest BCUT2D eigenvalue weighted by Gasteiger charge is -2.65. The fraction of sp³-hybridized carbons (Fsp3) is 1.00. The summed E-state index contributed by atoms with van der Waals surface area (Å²) in [7, 11) is 2.47. The zero-order valence-corrected chi connectivity index (χ0v) is 9.85. The van der Waals surface area contributed by atoms with Crippen molar-refractivity contribution in [2.75, 3.05) is 13.6 Å². The van der Waals surface area contributed by atoms with Gasteiger partial charge in [-0.1, -0.05) is 0 Å². The largest absolute Gasteiger partial charge is 0.317 e. The van der Waals surface area contributed by atoms with E-state index < -0.39 is 0 Å². The summed E-state index contributed by atoms with van der Waals surface area (Å²) in [4.78, 5) is 0. The van der Waals surface area contributed by atoms with Crippen molar-refractivity contribution in [2.24, 2.45) is 5.92 Å². The van der Waals surface area contributed by atoms with Crippen LogP contribution >= 0.6 is 0 Å². The lowest BCUT2D eigenvalue weighted by atomic mass is 9.66. The van der Waals surface area contributed by atoms with Crippen molar-refractivity contribution in [2.45, 2.75) is 58.0 Å². The summed E-state index contributed by atoms with van der Waals surface area (Å²) < 4.78 is 1.29. The molecule has 0 saturated carbocycles. The first-order valence-corrected chi connectivity index (χ1v) is 5.64. The monoisotopic (exact) mass is 182 g/mol. The Bertz CT molecular complexity index is 209. The first-order valence-electron chi connectivity index (χ1n) is 5.64. The van der Waals surface area contributed by atoms with Gasteiger partial charge in [-0.2, -0.15) is 0 Å². The fourth-order valence-electron chi connectivity index (χ4n) is 3.96. The number of piperidine rings is 3. The molecule has 76 valence electrons. The van der Waals surface area contributed by atoms with Crippen LogP contribution in [-0.4, -0.2) is 29.2 Å². The van der Waals surface area contributed by atoms with Gasteiger partial charge in [0.25, 0.3) is 0 Å². The molecule has 3 rings (SSSR count). The molecule has 3 heterocycles. The number of quaternary nitrogens is 1. The molecule has 0 N–H and O–H groups in total. The van der Waals surface area contributed by atoms with Gasteiger partial charge < -0.3 is 4.48 Å². The second kappa shape index (κ2) is 2.31. The highest BCUT2D eigenvalue weighted by atomic mass is 15.4. The Morgan fingerprint density at radius 3 is 1.77 bits per heavy atom. The van der Waals surface area contributed by atoms with Gasteiger partial charge in [0.2, 0.25) is 0 Å². The zero-order chi connectivity index (χ0) is 9.91. The molecule has 0 atom stereocenters. The van der Waals surface area contributed by atoms with Crippen LogP contribution in [-0.2, 0) is 0 Å². The Kier molecular flexibility index (Phi) is 1.69. The predicted molar refractivity (Wildman–Crippen MR) is 56.6 cm³/mol. The lowest BCUT2D eigenvalue weighted by Crippen LogP contribution is -2.75. The quantitative estimate of drug-likeness (QED) is 0.505. The molecule has 0 aromatic heterocycles. The zero-order valence-electron chi connectivity index (χ0n) is 9.85. The van der Waals surface area contributed by atoms with Gasteiger partial charge in [-0.05, 0) is 40.0 Å². The van der Waals surface area contributed by atoms with E-state index in [1.807, 2.05) is 0 Å². The standard InChI is InChI=1S/C12H24N/c1-11(2)8-10-6-7-13(11,5)12(3,4)9-10/h10H,6-9H2,1-5H3/q+1. The van der Waals surface area contributed by atoms with Crippen molar-refractivity contribution >= 4 is 0 Å². The van der Waals surface area contributed by atoms with Crippen LogP contribution in [0.25, 0.3) is 0 Å². The second-order valence-corrected chi connectivity index (χ2v) is 6.60. The molecule has 13 heavy (non-hydrogen) atoms. The number of rotatable bonds is 0. The van der Waals surface area contributed by atoms with Crippen molar-refractivity contribution in [1.29, 1.82) is 0 Å². The van der Waals surface area contributed by atoms with Gasteiger partial charge in [-0.3, -0.25) is 0 Å². The highest BCUT2D eigenvalue weighted by Crippen LogP contribution is 2.51. The molecule has 3 saturated heterocycles. The summed E-state index contributed by atoms with van der Waals surface area (Å²) in [5.74, 6) is 1.00. The van der Waals surface area contributed by atoms with Crippen molar-refractivity contribution in [3.63, 3.8) is 0 Å². The Balaban J connectivity index is 2.42. The molecule has 1 heteroatoms. The van der Waals surface area contributed by atoms with Crippen molar-refractivity contribution in [3.05, 3.63) is 0 Å². The van der Waals surface area contributed by atoms with Crippen LogP contribution in [0.1, 0.15) is 47.0 Å². The van der Waals surface area contributed by atoms with Gasteiger partial charge in [-0.15, -0.1) is 0 Å². The summed E-state index contributed by atoms with van der Waals surface area (Å²) in [5.41, 5.74) is 1.01. The van der Waals surface area contributed by atoms with Crippen molar-refractivity contribution < 1.29 is 4.48 Å². The Labute approximate surface area is 82.7 Å². The van der Waals surface area contributed by atoms with E-state index in [0.29, 0.717) is 11.1 Å². The topological polar surface area (TPSA) is 0 Å². The molecule has 0 aromatic carbocycles. The van der Waals surface area contributed by atoms with E-state index in [4.69, 9.17) is 0 Å². The van der Waals surface area contributed by atoms with Crippen LogP contribution in [0.15, 0.2) is 0 Å². The molecule has 0 amide bonds. The normalized spacial score (nSPS) is 46.4. The number of hydrogen-bond acceptors (Lipinski definition) is 0. The van der Waals surface area contributed by atoms with E-state index in [0.717, 1.165) is 5.92 Å². The Morgan fingerprint density at radius 1 is 1.00 bits per heavy atom. The van der Waals surface area contributed by atoms with E-state index in [2.05, 4.69) is 34.7 Å². The molecular weight excluding hydrogens is 158 g/mol. The molecule has 0 unspecified atom stereocenters. The number of fused-ring (bicyclic) bond motifs is 3. The van der Waals surface area contributed by atoms with Crippen LogP contribution in [0.5, 0.6) is 0 Å². The predicted octanol–water partition coefficient (Wildman–Crippen LogP) is 2.80. The minimum atomic E-state index is 0.505. The van der Waals surface area contributed by atoms with E-state index in [1.54, 1.807) is 0 Å². The van der Waals surface area contributed by atoms with Gasteiger partial charge in [0.05, 0.1) is 24.7 Å². The summed E-state index contributed by atoms with van der Waals surface area (Å²) in [6, 6.07) is 0. The van der Waals surface area contributed by atoms with Crippen LogP contribution in [0, 0.1) is 5.92 Å². The molecule has 2 bridgehead atoms. The van der Waals surface area contributed by atoms with Crippen LogP contribution in [0.3, 0.4) is 0 Å². The third-order valence-corrected chi connectivity index (χ3v) is 5.23. The summed E-state index contributed by atoms with van der Waals surface area (Å²) in [5, 5.41) is 0. The minimum Gasteiger partial charge on any atom is -0.317 e. The summed E-state index contributed by atoms with van der Waals surface area (Å²) in [6.45, 7) is 11.2. The molecule has 3 aliphatic rings. The second-order valence-electron chi connectivity index (χ2n) is 6.60. The maximum Gasteiger partial charge on any atom is 0.0940 e. The van der Waals surface area contributed by atoms with Crippen LogP contribution < -0.4 is 0 Å². The average Bonchev–Trinajstić information content (AvgIpc) is 1.92. The third-order valence-electron chi connectivity index (χ3n) is 5.23. The molecule has 0 aromatic rings. The van der Waals surface area contributed by atoms with E-state index >= 15 is 0 Å². The maximum absolute atomic E-state index is 2.47. The van der Waals surface area contributed by atoms with E-state index in [1.165, 1.54) is 30.3 Å². The fourth-order valence-corrected chi connectivity index (χ4v) is 3.96. The SMILES string of the molecule is CC1(C)CC2CC[N+]1(C)C(C)(C)C2. The third kappa shape index (κ3) is 1.03. The molecule has 1 nitrogen and oxygen atoms in total. The average molecular weight is 182 g/mol. The summed E-state index contributed by atoms with van der Waals surface area (Å²) in [6.07, 6.45) is 4.34. The van der Waals surface area contributed by atoms with E-state index in [9.17, 15) is 0 Å². The summed E-state index contributed by atoms with van der Waals surface area (Å²) >= 11 is 0. The highest BCUT2D eigenvalue weighted by Gasteiger charge is 2.59. The van der Waals surface area contributed by atoms with Gasteiger partial charge in [0.15, 0.2) is 0 Å². The first kappa shape index (κ1) is 9.51. The molecular formula is C12H24N+. The maximum atomic E-state index is 2.47. The lowest BCUT2D eigenvalue weighted by molar-refractivity contribution is -1.01. The molecule has 0 radical (unpaired) electrons. The van der Waals surface area contributed by atoms with Gasteiger partial charge in [0.1, 0.15) is 0 Å². The van der Waals surface area contributed by atoms with Gasteiger partial charge in [0, 0.05) is 12.8 Å². The van der Waals surface area contributed by atoms with Crippen LogP contribution in [0.4, 0.5) is 0 Å². The van der Waals surface area contributed by atoms with Gasteiger partial charge in [-0.25, -0.2) is 0 Å². The van der Waals surface area contributed by atoms with Crippen molar-refractivity contribution in [1.82, 2.24) is 0 Å². The molecule has 3 aliphatic heterocycles. The Hall–Kier alpha value is -0.0400. The van der Waals surface area contributed by atoms with Crippen molar-refractivity contribution in [3.8, 4) is 0 Å². The number of nitrogens with zero attached hydrogens (tertiary/aromatic N) is 1. The minimum absolute atomic E-state index is 0.505.